The van der Waals surface area contributed by atoms with Crippen molar-refractivity contribution in [1.82, 2.24) is 0 Å². The zero-order valence-corrected chi connectivity index (χ0v) is 22.2. The minimum atomic E-state index is 0.458. The maximum atomic E-state index is 6.13. The fraction of sp³-hybridized carbons (Fsp3) is 0.143. The Bertz CT molecular complexity index is 1570. The Morgan fingerprint density at radius 2 is 1.53 bits per heavy atom. The molecule has 6 rings (SSSR count). The van der Waals surface area contributed by atoms with Crippen molar-refractivity contribution in [3.63, 3.8) is 0 Å². The predicted molar refractivity (Wildman–Crippen MR) is 164 cm³/mol. The summed E-state index contributed by atoms with van der Waals surface area (Å²) in [5.74, 6) is 0.458. The van der Waals surface area contributed by atoms with Crippen LogP contribution < -0.4 is 11.5 Å². The topological polar surface area (TPSA) is 65.2 Å². The molecular weight excluding hydrogens is 464 g/mol. The molecule has 0 bridgehead atoms. The molecule has 1 atom stereocenters. The second kappa shape index (κ2) is 12.8. The highest BCUT2D eigenvalue weighted by atomic mass is 16.3. The fourth-order valence-corrected chi connectivity index (χ4v) is 4.56. The van der Waals surface area contributed by atoms with Gasteiger partial charge in [-0.2, -0.15) is 0 Å². The number of furan rings is 1. The van der Waals surface area contributed by atoms with Crippen LogP contribution in [0.3, 0.4) is 0 Å². The molecule has 1 unspecified atom stereocenters. The predicted octanol–water partition coefficient (Wildman–Crippen LogP) is 8.95. The maximum absolute atomic E-state index is 6.13. The molecule has 4 aromatic carbocycles. The van der Waals surface area contributed by atoms with Crippen LogP contribution in [-0.4, -0.2) is 0 Å². The molecule has 0 aliphatic heterocycles. The molecule has 3 nitrogen and oxygen atoms in total. The first kappa shape index (κ1) is 26.7. The Kier molecular flexibility index (Phi) is 8.97. The van der Waals surface area contributed by atoms with E-state index in [9.17, 15) is 0 Å². The zero-order valence-electron chi connectivity index (χ0n) is 22.2. The highest BCUT2D eigenvalue weighted by molar-refractivity contribution is 6.06. The Morgan fingerprint density at radius 3 is 2.18 bits per heavy atom. The van der Waals surface area contributed by atoms with Gasteiger partial charge in [0.25, 0.3) is 0 Å². The largest absolute Gasteiger partial charge is 0.456 e. The van der Waals surface area contributed by atoms with Crippen molar-refractivity contribution in [3.8, 4) is 11.1 Å². The van der Waals surface area contributed by atoms with Gasteiger partial charge in [-0.15, -0.1) is 0 Å². The lowest BCUT2D eigenvalue weighted by Crippen LogP contribution is -1.96. The van der Waals surface area contributed by atoms with Gasteiger partial charge in [0.1, 0.15) is 11.2 Å². The molecule has 0 fully saturated rings. The summed E-state index contributed by atoms with van der Waals surface area (Å²) in [5, 5.41) is 2.29. The number of nitrogens with two attached hydrogens (primary N) is 2. The van der Waals surface area contributed by atoms with Gasteiger partial charge < -0.3 is 15.9 Å². The Hall–Kier alpha value is -4.34. The lowest BCUT2D eigenvalue weighted by Gasteiger charge is -2.14. The van der Waals surface area contributed by atoms with Crippen LogP contribution >= 0.6 is 0 Å². The average Bonchev–Trinajstić information content (AvgIpc) is 3.36. The normalized spacial score (nSPS) is 13.9. The summed E-state index contributed by atoms with van der Waals surface area (Å²) in [6.07, 6.45) is 9.82. The third-order valence-corrected chi connectivity index (χ3v) is 6.55. The van der Waals surface area contributed by atoms with E-state index < -0.39 is 0 Å². The second-order valence-corrected chi connectivity index (χ2v) is 9.02. The second-order valence-electron chi connectivity index (χ2n) is 9.02. The van der Waals surface area contributed by atoms with Gasteiger partial charge >= 0.3 is 0 Å². The molecule has 38 heavy (non-hydrogen) atoms. The summed E-state index contributed by atoms with van der Waals surface area (Å²) in [7, 11) is 0. The van der Waals surface area contributed by atoms with E-state index in [4.69, 9.17) is 15.9 Å². The standard InChI is InChI=1S/C25H21NO.C8H9N.C2H6/c26-16-17-9-11-22-23-12-10-21(15-25(23)27-24(22)13-17)20-8-4-7-19(14-20)18-5-2-1-3-6-18;1-7(9)8-5-3-2-4-6-8;1-2/h1-5,7-15,18H,6,16,26H2;2-6H,1,9H2;1-2H3. The lowest BCUT2D eigenvalue weighted by molar-refractivity contribution is 0.668. The van der Waals surface area contributed by atoms with Crippen molar-refractivity contribution in [2.24, 2.45) is 11.5 Å². The number of rotatable bonds is 4. The van der Waals surface area contributed by atoms with Crippen molar-refractivity contribution >= 4 is 27.6 Å². The van der Waals surface area contributed by atoms with Crippen LogP contribution in [0.5, 0.6) is 0 Å². The van der Waals surface area contributed by atoms with Gasteiger partial charge in [-0.1, -0.05) is 118 Å². The Balaban J connectivity index is 0.000000259. The van der Waals surface area contributed by atoms with E-state index in [2.05, 4.69) is 85.5 Å². The van der Waals surface area contributed by atoms with E-state index in [0.29, 0.717) is 18.2 Å². The van der Waals surface area contributed by atoms with Crippen molar-refractivity contribution in [2.75, 3.05) is 0 Å². The van der Waals surface area contributed by atoms with Crippen molar-refractivity contribution in [3.05, 3.63) is 139 Å². The van der Waals surface area contributed by atoms with Crippen LogP contribution in [-0.2, 0) is 6.54 Å². The van der Waals surface area contributed by atoms with Crippen molar-refractivity contribution in [1.29, 1.82) is 0 Å². The Labute approximate surface area is 225 Å². The van der Waals surface area contributed by atoms with Gasteiger partial charge in [0.15, 0.2) is 0 Å². The van der Waals surface area contributed by atoms with Crippen LogP contribution in [0.2, 0.25) is 0 Å². The van der Waals surface area contributed by atoms with E-state index in [-0.39, 0.29) is 0 Å². The minimum absolute atomic E-state index is 0.458. The molecule has 1 aliphatic carbocycles. The molecule has 0 amide bonds. The highest BCUT2D eigenvalue weighted by Gasteiger charge is 2.12. The van der Waals surface area contributed by atoms with Crippen LogP contribution in [0.4, 0.5) is 0 Å². The molecular formula is C35H36N2O. The quantitative estimate of drug-likeness (QED) is 0.259. The highest BCUT2D eigenvalue weighted by Crippen LogP contribution is 2.34. The van der Waals surface area contributed by atoms with Crippen molar-refractivity contribution < 1.29 is 4.42 Å². The molecule has 1 aliphatic rings. The molecule has 1 aromatic heterocycles. The van der Waals surface area contributed by atoms with Gasteiger partial charge in [-0.3, -0.25) is 0 Å². The van der Waals surface area contributed by atoms with Crippen LogP contribution in [0, 0.1) is 0 Å². The molecule has 0 saturated carbocycles. The number of hydrogen-bond acceptors (Lipinski definition) is 3. The monoisotopic (exact) mass is 500 g/mol. The molecule has 5 aromatic rings. The maximum Gasteiger partial charge on any atom is 0.136 e. The van der Waals surface area contributed by atoms with Gasteiger partial charge in [0.2, 0.25) is 0 Å². The van der Waals surface area contributed by atoms with Crippen LogP contribution in [0.25, 0.3) is 38.8 Å². The first-order chi connectivity index (χ1) is 18.6. The first-order valence-corrected chi connectivity index (χ1v) is 13.2. The van der Waals surface area contributed by atoms with Gasteiger partial charge in [-0.05, 0) is 52.4 Å². The third-order valence-electron chi connectivity index (χ3n) is 6.55. The molecule has 0 radical (unpaired) electrons. The van der Waals surface area contributed by atoms with E-state index in [1.165, 1.54) is 16.7 Å². The van der Waals surface area contributed by atoms with Gasteiger partial charge in [0.05, 0.1) is 0 Å². The molecule has 0 saturated heterocycles. The van der Waals surface area contributed by atoms with Gasteiger partial charge in [-0.25, -0.2) is 0 Å². The zero-order chi connectivity index (χ0) is 26.9. The summed E-state index contributed by atoms with van der Waals surface area (Å²) in [4.78, 5) is 0. The van der Waals surface area contributed by atoms with Crippen molar-refractivity contribution in [2.45, 2.75) is 32.7 Å². The van der Waals surface area contributed by atoms with Gasteiger partial charge in [0, 0.05) is 28.9 Å². The molecule has 4 N–H and O–H groups in total. The van der Waals surface area contributed by atoms with Crippen LogP contribution in [0.1, 0.15) is 42.9 Å². The number of benzene rings is 4. The summed E-state index contributed by atoms with van der Waals surface area (Å²) >= 11 is 0. The SMILES string of the molecule is C=C(N)c1ccccc1.CC.NCc1ccc2c(c1)oc1cc(-c3cccc(C4C=CC=CC4)c3)ccc12. The minimum Gasteiger partial charge on any atom is -0.456 e. The fourth-order valence-electron chi connectivity index (χ4n) is 4.56. The molecule has 0 spiro atoms. The molecule has 3 heteroatoms. The Morgan fingerprint density at radius 1 is 0.816 bits per heavy atom. The number of hydrogen-bond donors (Lipinski definition) is 2. The molecule has 192 valence electrons. The first-order valence-electron chi connectivity index (χ1n) is 13.2. The summed E-state index contributed by atoms with van der Waals surface area (Å²) in [6, 6.07) is 31.2. The smallest absolute Gasteiger partial charge is 0.136 e. The summed E-state index contributed by atoms with van der Waals surface area (Å²) in [5.41, 5.74) is 19.5. The van der Waals surface area contributed by atoms with Crippen LogP contribution in [0.15, 0.2) is 126 Å². The summed E-state index contributed by atoms with van der Waals surface area (Å²) < 4.78 is 6.13. The van der Waals surface area contributed by atoms with E-state index in [1.54, 1.807) is 0 Å². The third kappa shape index (κ3) is 6.13. The number of fused-ring (bicyclic) bond motifs is 3. The van der Waals surface area contributed by atoms with E-state index in [0.717, 1.165) is 39.5 Å². The average molecular weight is 501 g/mol. The number of allylic oxidation sites excluding steroid dienone is 4. The molecule has 1 heterocycles. The van der Waals surface area contributed by atoms with E-state index in [1.807, 2.05) is 50.2 Å². The summed E-state index contributed by atoms with van der Waals surface area (Å²) in [6.45, 7) is 8.13. The lowest BCUT2D eigenvalue weighted by atomic mass is 9.90. The van der Waals surface area contributed by atoms with E-state index >= 15 is 0 Å².